The lowest BCUT2D eigenvalue weighted by Gasteiger charge is -2.03. The lowest BCUT2D eigenvalue weighted by Crippen LogP contribution is -2.17. The number of phenols is 1. The number of phenolic OH excluding ortho intramolecular Hbond substituents is 1. The van der Waals surface area contributed by atoms with Crippen LogP contribution in [0.5, 0.6) is 5.75 Å². The second-order valence-corrected chi connectivity index (χ2v) is 5.97. The number of aromatic hydroxyl groups is 1. The molecule has 1 amide bonds. The Morgan fingerprint density at radius 3 is 2.70 bits per heavy atom. The number of hydrogen-bond acceptors (Lipinski definition) is 3. The van der Waals surface area contributed by atoms with Gasteiger partial charge < -0.3 is 5.11 Å². The Bertz CT molecular complexity index is 660. The maximum atomic E-state index is 11.8. The summed E-state index contributed by atoms with van der Waals surface area (Å²) in [5.41, 5.74) is 3.47. The molecule has 0 aliphatic rings. The summed E-state index contributed by atoms with van der Waals surface area (Å²) in [7, 11) is 0. The first kappa shape index (κ1) is 15.0. The van der Waals surface area contributed by atoms with Gasteiger partial charge in [0.25, 0.3) is 5.91 Å². The molecule has 6 heteroatoms. The predicted molar refractivity (Wildman–Crippen MR) is 90.0 cm³/mol. The van der Waals surface area contributed by atoms with E-state index in [-0.39, 0.29) is 11.7 Å². The van der Waals surface area contributed by atoms with Crippen LogP contribution < -0.4 is 5.43 Å². The molecule has 0 aliphatic heterocycles. The summed E-state index contributed by atoms with van der Waals surface area (Å²) in [6.45, 7) is 0. The number of rotatable bonds is 3. The average molecular weight is 445 g/mol. The fraction of sp³-hybridized carbons (Fsp3) is 0. The molecule has 0 heterocycles. The summed E-state index contributed by atoms with van der Waals surface area (Å²) in [4.78, 5) is 11.8. The fourth-order valence-electron chi connectivity index (χ4n) is 1.50. The maximum Gasteiger partial charge on any atom is 0.271 e. The van der Waals surface area contributed by atoms with Crippen LogP contribution in [0, 0.1) is 3.57 Å². The minimum atomic E-state index is -0.300. The summed E-state index contributed by atoms with van der Waals surface area (Å²) < 4.78 is 1.53. The highest BCUT2D eigenvalue weighted by Crippen LogP contribution is 2.27. The predicted octanol–water partition coefficient (Wildman–Crippen LogP) is 3.52. The van der Waals surface area contributed by atoms with Crippen LogP contribution >= 0.6 is 38.5 Å². The number of nitrogens with one attached hydrogen (secondary N) is 1. The topological polar surface area (TPSA) is 61.7 Å². The van der Waals surface area contributed by atoms with E-state index in [0.29, 0.717) is 14.7 Å². The van der Waals surface area contributed by atoms with Crippen molar-refractivity contribution >= 4 is 50.6 Å². The van der Waals surface area contributed by atoms with Gasteiger partial charge in [0.2, 0.25) is 0 Å². The molecule has 0 saturated carbocycles. The summed E-state index contributed by atoms with van der Waals surface area (Å²) >= 11 is 5.36. The van der Waals surface area contributed by atoms with E-state index in [9.17, 15) is 9.90 Å². The number of hydrogen-bond donors (Lipinski definition) is 2. The Hall–Kier alpha value is -1.41. The lowest BCUT2D eigenvalue weighted by atomic mass is 10.2. The zero-order valence-electron chi connectivity index (χ0n) is 10.2. The minimum Gasteiger partial charge on any atom is -0.506 e. The third-order valence-corrected chi connectivity index (χ3v) is 3.74. The van der Waals surface area contributed by atoms with Crippen LogP contribution in [0.1, 0.15) is 15.9 Å². The number of nitrogens with zero attached hydrogens (tertiary/aromatic N) is 1. The first-order valence-electron chi connectivity index (χ1n) is 5.64. The van der Waals surface area contributed by atoms with Crippen molar-refractivity contribution in [1.29, 1.82) is 0 Å². The molecule has 0 fully saturated rings. The molecule has 0 aliphatic carbocycles. The first-order chi connectivity index (χ1) is 9.58. The zero-order chi connectivity index (χ0) is 14.5. The monoisotopic (exact) mass is 444 g/mol. The van der Waals surface area contributed by atoms with E-state index in [1.165, 1.54) is 6.21 Å². The molecule has 0 saturated heterocycles. The highest BCUT2D eigenvalue weighted by Gasteiger charge is 2.06. The molecule has 2 aromatic carbocycles. The van der Waals surface area contributed by atoms with Gasteiger partial charge in [-0.1, -0.05) is 34.1 Å². The van der Waals surface area contributed by atoms with Crippen molar-refractivity contribution in [2.75, 3.05) is 0 Å². The Morgan fingerprint density at radius 1 is 1.30 bits per heavy atom. The zero-order valence-corrected chi connectivity index (χ0v) is 13.9. The Labute approximate surface area is 138 Å². The van der Waals surface area contributed by atoms with E-state index in [4.69, 9.17) is 0 Å². The largest absolute Gasteiger partial charge is 0.506 e. The van der Waals surface area contributed by atoms with E-state index >= 15 is 0 Å². The highest BCUT2D eigenvalue weighted by atomic mass is 127. The molecule has 0 unspecified atom stereocenters. The van der Waals surface area contributed by atoms with Crippen LogP contribution in [-0.4, -0.2) is 17.2 Å². The van der Waals surface area contributed by atoms with E-state index in [0.717, 1.165) is 4.47 Å². The average Bonchev–Trinajstić information content (AvgIpc) is 2.44. The molecular weight excluding hydrogens is 435 g/mol. The molecule has 0 spiro atoms. The third kappa shape index (κ3) is 3.80. The van der Waals surface area contributed by atoms with Gasteiger partial charge in [0, 0.05) is 15.6 Å². The Morgan fingerprint density at radius 2 is 2.00 bits per heavy atom. The van der Waals surface area contributed by atoms with Gasteiger partial charge in [-0.05, 0) is 46.9 Å². The standard InChI is InChI=1S/C14H10BrIN2O2/c15-11-6-10(13(19)12(16)7-11)8-17-18-14(20)9-4-2-1-3-5-9/h1-8,19H,(H,18,20). The summed E-state index contributed by atoms with van der Waals surface area (Å²) in [6.07, 6.45) is 1.41. The molecule has 102 valence electrons. The van der Waals surface area contributed by atoms with Crippen molar-refractivity contribution in [3.05, 3.63) is 61.6 Å². The van der Waals surface area contributed by atoms with Crippen molar-refractivity contribution in [1.82, 2.24) is 5.43 Å². The molecule has 0 radical (unpaired) electrons. The minimum absolute atomic E-state index is 0.131. The van der Waals surface area contributed by atoms with E-state index in [1.807, 2.05) is 28.7 Å². The van der Waals surface area contributed by atoms with Gasteiger partial charge in [-0.2, -0.15) is 5.10 Å². The highest BCUT2D eigenvalue weighted by molar-refractivity contribution is 14.1. The van der Waals surface area contributed by atoms with Gasteiger partial charge in [0.1, 0.15) is 5.75 Å². The normalized spacial score (nSPS) is 10.7. The van der Waals surface area contributed by atoms with Gasteiger partial charge in [-0.3, -0.25) is 4.79 Å². The Kier molecular flexibility index (Phi) is 5.13. The van der Waals surface area contributed by atoms with Crippen LogP contribution in [0.4, 0.5) is 0 Å². The van der Waals surface area contributed by atoms with Crippen molar-refractivity contribution < 1.29 is 9.90 Å². The second-order valence-electron chi connectivity index (χ2n) is 3.89. The molecular formula is C14H10BrIN2O2. The van der Waals surface area contributed by atoms with Gasteiger partial charge in [-0.15, -0.1) is 0 Å². The van der Waals surface area contributed by atoms with Crippen LogP contribution in [0.15, 0.2) is 52.0 Å². The van der Waals surface area contributed by atoms with Gasteiger partial charge in [-0.25, -0.2) is 5.43 Å². The van der Waals surface area contributed by atoms with E-state index < -0.39 is 0 Å². The molecule has 2 rings (SSSR count). The molecule has 4 nitrogen and oxygen atoms in total. The molecule has 0 bridgehead atoms. The number of halogens is 2. The number of amides is 1. The van der Waals surface area contributed by atoms with Crippen molar-refractivity contribution in [2.24, 2.45) is 5.10 Å². The molecule has 20 heavy (non-hydrogen) atoms. The SMILES string of the molecule is O=C(NN=Cc1cc(Br)cc(I)c1O)c1ccccc1. The summed E-state index contributed by atoms with van der Waals surface area (Å²) in [5, 5.41) is 13.7. The molecule has 0 atom stereocenters. The molecule has 2 N–H and O–H groups in total. The van der Waals surface area contributed by atoms with Crippen molar-refractivity contribution in [3.63, 3.8) is 0 Å². The van der Waals surface area contributed by atoms with Gasteiger partial charge >= 0.3 is 0 Å². The van der Waals surface area contributed by atoms with Crippen LogP contribution in [-0.2, 0) is 0 Å². The molecule has 2 aromatic rings. The van der Waals surface area contributed by atoms with Crippen molar-refractivity contribution in [2.45, 2.75) is 0 Å². The number of carbonyl (C=O) groups is 1. The third-order valence-electron chi connectivity index (χ3n) is 2.46. The second kappa shape index (κ2) is 6.85. The summed E-state index contributed by atoms with van der Waals surface area (Å²) in [5.74, 6) is -0.169. The first-order valence-corrected chi connectivity index (χ1v) is 7.51. The van der Waals surface area contributed by atoms with Crippen molar-refractivity contribution in [3.8, 4) is 5.75 Å². The van der Waals surface area contributed by atoms with Gasteiger partial charge in [0.15, 0.2) is 0 Å². The smallest absolute Gasteiger partial charge is 0.271 e. The van der Waals surface area contributed by atoms with Crippen LogP contribution in [0.25, 0.3) is 0 Å². The fourth-order valence-corrected chi connectivity index (χ4v) is 3.05. The van der Waals surface area contributed by atoms with Gasteiger partial charge in [0.05, 0.1) is 9.78 Å². The molecule has 0 aromatic heterocycles. The van der Waals surface area contributed by atoms with Crippen LogP contribution in [0.3, 0.4) is 0 Å². The quantitative estimate of drug-likeness (QED) is 0.432. The number of hydrazone groups is 1. The van der Waals surface area contributed by atoms with E-state index in [1.54, 1.807) is 36.4 Å². The maximum absolute atomic E-state index is 11.8. The summed E-state index contributed by atoms with van der Waals surface area (Å²) in [6, 6.07) is 12.3. The Balaban J connectivity index is 2.10. The number of carbonyl (C=O) groups excluding carboxylic acids is 1. The lowest BCUT2D eigenvalue weighted by molar-refractivity contribution is 0.0955. The van der Waals surface area contributed by atoms with E-state index in [2.05, 4.69) is 26.5 Å². The van der Waals surface area contributed by atoms with Crippen LogP contribution in [0.2, 0.25) is 0 Å². The number of benzene rings is 2.